The third-order valence-electron chi connectivity index (χ3n) is 3.69. The highest BCUT2D eigenvalue weighted by atomic mass is 16.5. The molecule has 0 bridgehead atoms. The van der Waals surface area contributed by atoms with Crippen LogP contribution in [0.15, 0.2) is 24.3 Å². The van der Waals surface area contributed by atoms with Crippen LogP contribution in [0.1, 0.15) is 37.8 Å². The van der Waals surface area contributed by atoms with Crippen LogP contribution in [0.4, 0.5) is 0 Å². The molecule has 0 spiro atoms. The fraction of sp³-hybridized carbons (Fsp3) is 0.600. The van der Waals surface area contributed by atoms with Crippen molar-refractivity contribution in [2.24, 2.45) is 11.7 Å². The molecule has 1 heterocycles. The summed E-state index contributed by atoms with van der Waals surface area (Å²) in [4.78, 5) is 0. The van der Waals surface area contributed by atoms with E-state index in [1.807, 2.05) is 0 Å². The Morgan fingerprint density at radius 2 is 1.82 bits per heavy atom. The first-order chi connectivity index (χ1) is 8.02. The minimum absolute atomic E-state index is 0.219. The highest BCUT2D eigenvalue weighted by Gasteiger charge is 2.28. The maximum Gasteiger partial charge on any atom is 0.0522 e. The Kier molecular flexibility index (Phi) is 3.55. The molecule has 1 saturated heterocycles. The summed E-state index contributed by atoms with van der Waals surface area (Å²) in [6.45, 7) is 9.15. The Bertz CT molecular complexity index is 360. The Morgan fingerprint density at radius 3 is 2.18 bits per heavy atom. The zero-order valence-corrected chi connectivity index (χ0v) is 11.1. The first-order valence-corrected chi connectivity index (χ1v) is 6.40. The molecule has 0 radical (unpaired) electrons. The number of hydrogen-bond acceptors (Lipinski definition) is 2. The van der Waals surface area contributed by atoms with Gasteiger partial charge in [0.2, 0.25) is 0 Å². The lowest BCUT2D eigenvalue weighted by molar-refractivity contribution is -0.0437. The topological polar surface area (TPSA) is 35.2 Å². The summed E-state index contributed by atoms with van der Waals surface area (Å²) >= 11 is 0. The van der Waals surface area contributed by atoms with Crippen LogP contribution in [-0.2, 0) is 10.2 Å². The van der Waals surface area contributed by atoms with Gasteiger partial charge < -0.3 is 10.5 Å². The number of rotatable bonds is 3. The SMILES string of the molecule is CC(C)(C)c1ccc(C(CN)C2COC2)cc1. The molecule has 0 aromatic heterocycles. The quantitative estimate of drug-likeness (QED) is 0.871. The molecule has 1 unspecified atom stereocenters. The first-order valence-electron chi connectivity index (χ1n) is 6.40. The molecule has 2 nitrogen and oxygen atoms in total. The molecule has 1 aliphatic rings. The predicted octanol–water partition coefficient (Wildman–Crippen LogP) is 2.67. The molecule has 2 rings (SSSR count). The lowest BCUT2D eigenvalue weighted by Gasteiger charge is -2.33. The molecule has 1 aromatic rings. The number of ether oxygens (including phenoxy) is 1. The van der Waals surface area contributed by atoms with Crippen molar-refractivity contribution in [3.8, 4) is 0 Å². The number of nitrogens with two attached hydrogens (primary N) is 1. The van der Waals surface area contributed by atoms with E-state index in [0.717, 1.165) is 13.2 Å². The average Bonchev–Trinajstić information content (AvgIpc) is 2.22. The van der Waals surface area contributed by atoms with Crippen molar-refractivity contribution < 1.29 is 4.74 Å². The Morgan fingerprint density at radius 1 is 1.24 bits per heavy atom. The maximum atomic E-state index is 5.88. The molecule has 1 aliphatic heterocycles. The number of hydrogen-bond donors (Lipinski definition) is 1. The van der Waals surface area contributed by atoms with Crippen molar-refractivity contribution >= 4 is 0 Å². The van der Waals surface area contributed by atoms with Crippen molar-refractivity contribution in [1.29, 1.82) is 0 Å². The second-order valence-electron chi connectivity index (χ2n) is 6.01. The molecule has 2 N–H and O–H groups in total. The van der Waals surface area contributed by atoms with E-state index in [1.54, 1.807) is 0 Å². The zero-order valence-electron chi connectivity index (χ0n) is 11.1. The van der Waals surface area contributed by atoms with Gasteiger partial charge in [-0.25, -0.2) is 0 Å². The van der Waals surface area contributed by atoms with Gasteiger partial charge in [0.25, 0.3) is 0 Å². The summed E-state index contributed by atoms with van der Waals surface area (Å²) in [6, 6.07) is 8.93. The summed E-state index contributed by atoms with van der Waals surface area (Å²) in [5, 5.41) is 0. The maximum absolute atomic E-state index is 5.88. The third-order valence-corrected chi connectivity index (χ3v) is 3.69. The molecule has 1 fully saturated rings. The highest BCUT2D eigenvalue weighted by molar-refractivity contribution is 5.30. The van der Waals surface area contributed by atoms with Crippen LogP contribution in [0.2, 0.25) is 0 Å². The van der Waals surface area contributed by atoms with Crippen molar-refractivity contribution in [3.63, 3.8) is 0 Å². The monoisotopic (exact) mass is 233 g/mol. The van der Waals surface area contributed by atoms with Gasteiger partial charge in [0, 0.05) is 11.8 Å². The average molecular weight is 233 g/mol. The van der Waals surface area contributed by atoms with E-state index in [4.69, 9.17) is 10.5 Å². The summed E-state index contributed by atoms with van der Waals surface area (Å²) < 4.78 is 5.26. The summed E-state index contributed by atoms with van der Waals surface area (Å²) in [5.74, 6) is 1.07. The van der Waals surface area contributed by atoms with Crippen molar-refractivity contribution in [3.05, 3.63) is 35.4 Å². The van der Waals surface area contributed by atoms with E-state index in [1.165, 1.54) is 11.1 Å². The molecule has 0 aliphatic carbocycles. The van der Waals surface area contributed by atoms with E-state index in [2.05, 4.69) is 45.0 Å². The molecule has 0 saturated carbocycles. The molecule has 0 amide bonds. The first kappa shape index (κ1) is 12.6. The highest BCUT2D eigenvalue weighted by Crippen LogP contribution is 2.31. The molecular weight excluding hydrogens is 210 g/mol. The smallest absolute Gasteiger partial charge is 0.0522 e. The Hall–Kier alpha value is -0.860. The van der Waals surface area contributed by atoms with Crippen molar-refractivity contribution in [2.75, 3.05) is 19.8 Å². The lowest BCUT2D eigenvalue weighted by Crippen LogP contribution is -2.36. The second-order valence-corrected chi connectivity index (χ2v) is 6.01. The van der Waals surface area contributed by atoms with E-state index in [0.29, 0.717) is 18.4 Å². The largest absolute Gasteiger partial charge is 0.381 e. The Labute approximate surface area is 104 Å². The van der Waals surface area contributed by atoms with E-state index in [9.17, 15) is 0 Å². The van der Waals surface area contributed by atoms with Gasteiger partial charge in [0.05, 0.1) is 13.2 Å². The molecule has 1 atom stereocenters. The van der Waals surface area contributed by atoms with Crippen LogP contribution in [-0.4, -0.2) is 19.8 Å². The van der Waals surface area contributed by atoms with Gasteiger partial charge in [-0.1, -0.05) is 45.0 Å². The van der Waals surface area contributed by atoms with Crippen LogP contribution in [0, 0.1) is 5.92 Å². The van der Waals surface area contributed by atoms with Crippen molar-refractivity contribution in [1.82, 2.24) is 0 Å². The molecule has 94 valence electrons. The fourth-order valence-electron chi connectivity index (χ4n) is 2.32. The summed E-state index contributed by atoms with van der Waals surface area (Å²) in [5.41, 5.74) is 8.83. The molecular formula is C15H23NO. The van der Waals surface area contributed by atoms with Crippen molar-refractivity contribution in [2.45, 2.75) is 32.1 Å². The summed E-state index contributed by atoms with van der Waals surface area (Å²) in [7, 11) is 0. The summed E-state index contributed by atoms with van der Waals surface area (Å²) in [6.07, 6.45) is 0. The van der Waals surface area contributed by atoms with Crippen LogP contribution in [0.25, 0.3) is 0 Å². The van der Waals surface area contributed by atoms with Gasteiger partial charge in [0.1, 0.15) is 0 Å². The van der Waals surface area contributed by atoms with E-state index in [-0.39, 0.29) is 5.41 Å². The van der Waals surface area contributed by atoms with Gasteiger partial charge >= 0.3 is 0 Å². The minimum Gasteiger partial charge on any atom is -0.381 e. The Balaban J connectivity index is 2.16. The third kappa shape index (κ3) is 2.70. The van der Waals surface area contributed by atoms with Crippen LogP contribution in [0.5, 0.6) is 0 Å². The molecule has 2 heteroatoms. The van der Waals surface area contributed by atoms with Gasteiger partial charge in [0.15, 0.2) is 0 Å². The minimum atomic E-state index is 0.219. The van der Waals surface area contributed by atoms with Gasteiger partial charge in [-0.05, 0) is 23.1 Å². The molecule has 17 heavy (non-hydrogen) atoms. The van der Waals surface area contributed by atoms with E-state index < -0.39 is 0 Å². The van der Waals surface area contributed by atoms with Crippen LogP contribution >= 0.6 is 0 Å². The van der Waals surface area contributed by atoms with Gasteiger partial charge in [-0.3, -0.25) is 0 Å². The van der Waals surface area contributed by atoms with E-state index >= 15 is 0 Å². The molecule has 1 aromatic carbocycles. The predicted molar refractivity (Wildman–Crippen MR) is 71.2 cm³/mol. The van der Waals surface area contributed by atoms with Crippen LogP contribution < -0.4 is 5.73 Å². The van der Waals surface area contributed by atoms with Gasteiger partial charge in [-0.2, -0.15) is 0 Å². The van der Waals surface area contributed by atoms with Crippen LogP contribution in [0.3, 0.4) is 0 Å². The zero-order chi connectivity index (χ0) is 12.5. The fourth-order valence-corrected chi connectivity index (χ4v) is 2.32. The normalized spacial score (nSPS) is 18.8. The second kappa shape index (κ2) is 4.79. The standard InChI is InChI=1S/C15H23NO/c1-15(2,3)13-6-4-11(5-7-13)14(8-16)12-9-17-10-12/h4-7,12,14H,8-10,16H2,1-3H3. The van der Waals surface area contributed by atoms with Gasteiger partial charge in [-0.15, -0.1) is 0 Å². The number of benzene rings is 1. The lowest BCUT2D eigenvalue weighted by atomic mass is 9.82.